The van der Waals surface area contributed by atoms with Crippen LogP contribution in [0.2, 0.25) is 0 Å². The fourth-order valence-corrected chi connectivity index (χ4v) is 2.88. The highest BCUT2D eigenvalue weighted by atomic mass is 79.9. The van der Waals surface area contributed by atoms with Crippen molar-refractivity contribution in [2.75, 3.05) is 18.5 Å². The van der Waals surface area contributed by atoms with Crippen LogP contribution >= 0.6 is 28.3 Å². The fourth-order valence-electron chi connectivity index (χ4n) is 2.62. The van der Waals surface area contributed by atoms with Crippen molar-refractivity contribution in [1.29, 1.82) is 0 Å². The molecule has 3 N–H and O–H groups in total. The lowest BCUT2D eigenvalue weighted by atomic mass is 9.92. The molecule has 3 rings (SSSR count). The van der Waals surface area contributed by atoms with Crippen LogP contribution in [0.15, 0.2) is 58.0 Å². The number of ether oxygens (including phenoxy) is 1. The molecule has 0 aliphatic carbocycles. The summed E-state index contributed by atoms with van der Waals surface area (Å²) in [6.45, 7) is 2.78. The van der Waals surface area contributed by atoms with Gasteiger partial charge in [0.2, 0.25) is 0 Å². The molecule has 0 aromatic heterocycles. The van der Waals surface area contributed by atoms with Gasteiger partial charge < -0.3 is 15.8 Å². The van der Waals surface area contributed by atoms with Gasteiger partial charge in [-0.05, 0) is 48.9 Å². The zero-order valence-corrected chi connectivity index (χ0v) is 16.1. The van der Waals surface area contributed by atoms with Gasteiger partial charge in [0.1, 0.15) is 18.0 Å². The number of nitrogens with two attached hydrogens (primary N) is 1. The highest BCUT2D eigenvalue weighted by molar-refractivity contribution is 9.10. The number of aliphatic imine (C=N–C) groups is 1. The van der Waals surface area contributed by atoms with Gasteiger partial charge in [-0.2, -0.15) is 0 Å². The molecule has 1 aliphatic heterocycles. The van der Waals surface area contributed by atoms with Gasteiger partial charge in [0.05, 0.1) is 6.61 Å². The summed E-state index contributed by atoms with van der Waals surface area (Å²) in [7, 11) is 0. The first kappa shape index (κ1) is 19.4. The smallest absolute Gasteiger partial charge is 0.255 e. The van der Waals surface area contributed by atoms with Crippen LogP contribution in [0, 0.1) is 0 Å². The number of amides is 1. The summed E-state index contributed by atoms with van der Waals surface area (Å²) in [6, 6.07) is 14.8. The second kappa shape index (κ2) is 7.99. The lowest BCUT2D eigenvalue weighted by molar-refractivity contribution is 0.102. The van der Waals surface area contributed by atoms with E-state index in [1.807, 2.05) is 43.3 Å². The van der Waals surface area contributed by atoms with Gasteiger partial charge in [-0.15, -0.1) is 12.4 Å². The van der Waals surface area contributed by atoms with E-state index < -0.39 is 5.54 Å². The Hall–Kier alpha value is -1.89. The van der Waals surface area contributed by atoms with Gasteiger partial charge in [0.15, 0.2) is 0 Å². The molecule has 1 atom stereocenters. The van der Waals surface area contributed by atoms with Crippen molar-refractivity contribution >= 4 is 45.8 Å². The number of hydrogen-bond acceptors (Lipinski definition) is 4. The molecule has 0 saturated heterocycles. The second-order valence-electron chi connectivity index (χ2n) is 5.91. The largest absolute Gasteiger partial charge is 0.386 e. The van der Waals surface area contributed by atoms with E-state index in [1.54, 1.807) is 12.1 Å². The number of carbonyl (C=O) groups is 1. The molecule has 1 amide bonds. The molecule has 0 fully saturated rings. The van der Waals surface area contributed by atoms with Gasteiger partial charge in [-0.25, -0.2) is 0 Å². The molecule has 25 heavy (non-hydrogen) atoms. The third kappa shape index (κ3) is 4.60. The van der Waals surface area contributed by atoms with Gasteiger partial charge in [-0.3, -0.25) is 9.79 Å². The standard InChI is InChI=1S/C18H18BrN3O2.ClH/c1-18(11-24-10-16(20)22-18)13-3-2-4-15(9-13)21-17(23)12-5-7-14(19)8-6-12;/h2-9H,10-11H2,1H3,(H2,20,22)(H,21,23);1H. The molecule has 0 radical (unpaired) electrons. The van der Waals surface area contributed by atoms with Crippen molar-refractivity contribution in [1.82, 2.24) is 0 Å². The van der Waals surface area contributed by atoms with Gasteiger partial charge in [-0.1, -0.05) is 28.1 Å². The van der Waals surface area contributed by atoms with Crippen molar-refractivity contribution < 1.29 is 9.53 Å². The molecular weight excluding hydrogens is 406 g/mol. The molecule has 7 heteroatoms. The number of hydrogen-bond donors (Lipinski definition) is 2. The number of carbonyl (C=O) groups excluding carboxylic acids is 1. The Kier molecular flexibility index (Phi) is 6.21. The molecule has 2 aromatic carbocycles. The zero-order chi connectivity index (χ0) is 17.2. The molecule has 0 saturated carbocycles. The highest BCUT2D eigenvalue weighted by Crippen LogP contribution is 2.30. The van der Waals surface area contributed by atoms with Gasteiger partial charge in [0.25, 0.3) is 5.91 Å². The predicted octanol–water partition coefficient (Wildman–Crippen LogP) is 3.73. The van der Waals surface area contributed by atoms with Crippen LogP contribution in [-0.4, -0.2) is 25.0 Å². The van der Waals surface area contributed by atoms with E-state index in [1.165, 1.54) is 0 Å². The van der Waals surface area contributed by atoms with Crippen molar-refractivity contribution in [2.24, 2.45) is 10.7 Å². The summed E-state index contributed by atoms with van der Waals surface area (Å²) >= 11 is 3.36. The van der Waals surface area contributed by atoms with Crippen LogP contribution in [-0.2, 0) is 10.3 Å². The van der Waals surface area contributed by atoms with Crippen molar-refractivity contribution in [3.63, 3.8) is 0 Å². The summed E-state index contributed by atoms with van der Waals surface area (Å²) in [5.74, 6) is 0.320. The third-order valence-corrected chi connectivity index (χ3v) is 4.40. The van der Waals surface area contributed by atoms with Crippen LogP contribution in [0.4, 0.5) is 5.69 Å². The van der Waals surface area contributed by atoms with Crippen LogP contribution in [0.3, 0.4) is 0 Å². The maximum absolute atomic E-state index is 12.3. The van der Waals surface area contributed by atoms with Crippen molar-refractivity contribution in [2.45, 2.75) is 12.5 Å². The number of nitrogens with one attached hydrogen (secondary N) is 1. The Morgan fingerprint density at radius 3 is 2.68 bits per heavy atom. The lowest BCUT2D eigenvalue weighted by Gasteiger charge is -2.30. The molecule has 2 aromatic rings. The Morgan fingerprint density at radius 1 is 1.28 bits per heavy atom. The maximum atomic E-state index is 12.3. The first-order valence-corrected chi connectivity index (χ1v) is 8.35. The topological polar surface area (TPSA) is 76.7 Å². The average Bonchev–Trinajstić information content (AvgIpc) is 2.55. The average molecular weight is 425 g/mol. The van der Waals surface area contributed by atoms with E-state index in [0.29, 0.717) is 30.3 Å². The minimum absolute atomic E-state index is 0. The molecule has 1 heterocycles. The number of rotatable bonds is 3. The number of anilines is 1. The Morgan fingerprint density at radius 2 is 2.00 bits per heavy atom. The van der Waals surface area contributed by atoms with E-state index >= 15 is 0 Å². The summed E-state index contributed by atoms with van der Waals surface area (Å²) in [4.78, 5) is 16.9. The molecule has 5 nitrogen and oxygen atoms in total. The molecule has 1 aliphatic rings. The first-order chi connectivity index (χ1) is 11.5. The molecular formula is C18H19BrClN3O2. The number of nitrogens with zero attached hydrogens (tertiary/aromatic N) is 1. The summed E-state index contributed by atoms with van der Waals surface area (Å²) in [6.07, 6.45) is 0. The van der Waals surface area contributed by atoms with E-state index in [-0.39, 0.29) is 18.3 Å². The molecule has 0 bridgehead atoms. The van der Waals surface area contributed by atoms with Crippen LogP contribution in [0.5, 0.6) is 0 Å². The van der Waals surface area contributed by atoms with Gasteiger partial charge in [0, 0.05) is 15.7 Å². The number of benzene rings is 2. The summed E-state index contributed by atoms with van der Waals surface area (Å²) in [5.41, 5.74) is 7.51. The van der Waals surface area contributed by atoms with Gasteiger partial charge >= 0.3 is 0 Å². The van der Waals surface area contributed by atoms with Crippen molar-refractivity contribution in [3.8, 4) is 0 Å². The maximum Gasteiger partial charge on any atom is 0.255 e. The number of halogens is 2. The Bertz CT molecular complexity index is 795. The third-order valence-electron chi connectivity index (χ3n) is 3.87. The summed E-state index contributed by atoms with van der Waals surface area (Å²) in [5, 5.41) is 2.91. The van der Waals surface area contributed by atoms with Crippen LogP contribution < -0.4 is 11.1 Å². The second-order valence-corrected chi connectivity index (χ2v) is 6.83. The van der Waals surface area contributed by atoms with E-state index in [0.717, 1.165) is 10.0 Å². The lowest BCUT2D eigenvalue weighted by Crippen LogP contribution is -2.37. The summed E-state index contributed by atoms with van der Waals surface area (Å²) < 4.78 is 6.44. The minimum atomic E-state index is -0.541. The minimum Gasteiger partial charge on any atom is -0.386 e. The fraction of sp³-hybridized carbons (Fsp3) is 0.222. The first-order valence-electron chi connectivity index (χ1n) is 7.56. The van der Waals surface area contributed by atoms with E-state index in [4.69, 9.17) is 10.5 Å². The quantitative estimate of drug-likeness (QED) is 0.788. The normalized spacial score (nSPS) is 19.5. The van der Waals surface area contributed by atoms with E-state index in [2.05, 4.69) is 26.2 Å². The highest BCUT2D eigenvalue weighted by Gasteiger charge is 2.30. The zero-order valence-electron chi connectivity index (χ0n) is 13.7. The Labute approximate surface area is 161 Å². The van der Waals surface area contributed by atoms with E-state index in [9.17, 15) is 4.79 Å². The molecule has 1 unspecified atom stereocenters. The molecule has 0 spiro atoms. The molecule has 132 valence electrons. The monoisotopic (exact) mass is 423 g/mol. The number of amidine groups is 1. The van der Waals surface area contributed by atoms with Crippen molar-refractivity contribution in [3.05, 3.63) is 64.1 Å². The SMILES string of the molecule is CC1(c2cccc(NC(=O)c3ccc(Br)cc3)c2)COCC(N)=N1.Cl. The van der Waals surface area contributed by atoms with Crippen LogP contribution in [0.25, 0.3) is 0 Å². The van der Waals surface area contributed by atoms with Crippen LogP contribution in [0.1, 0.15) is 22.8 Å². The Balaban J connectivity index is 0.00000225. The predicted molar refractivity (Wildman–Crippen MR) is 106 cm³/mol.